The van der Waals surface area contributed by atoms with E-state index in [0.717, 1.165) is 5.56 Å². The number of carbonyl (C=O) groups is 3. The lowest BCUT2D eigenvalue weighted by Gasteiger charge is -2.33. The van der Waals surface area contributed by atoms with E-state index in [0.29, 0.717) is 28.4 Å². The molecule has 5 rings (SSSR count). The molecule has 1 N–H and O–H groups in total. The van der Waals surface area contributed by atoms with Crippen LogP contribution < -0.4 is 19.9 Å². The minimum absolute atomic E-state index is 0.137. The Morgan fingerprint density at radius 2 is 1.74 bits per heavy atom. The van der Waals surface area contributed by atoms with Gasteiger partial charge in [-0.15, -0.1) is 11.8 Å². The Balaban J connectivity index is 1.48. The predicted molar refractivity (Wildman–Crippen MR) is 133 cm³/mol. The molecule has 1 spiro atoms. The molecule has 0 saturated carbocycles. The fourth-order valence-electron chi connectivity index (χ4n) is 4.42. The zero-order valence-electron chi connectivity index (χ0n) is 18.8. The van der Waals surface area contributed by atoms with Crippen molar-refractivity contribution in [3.05, 3.63) is 83.9 Å². The van der Waals surface area contributed by atoms with Gasteiger partial charge in [-0.05, 0) is 49.4 Å². The molecule has 8 heteroatoms. The quantitative estimate of drug-likeness (QED) is 0.608. The summed E-state index contributed by atoms with van der Waals surface area (Å²) in [7, 11) is 1.57. The summed E-state index contributed by atoms with van der Waals surface area (Å²) in [6, 6.07) is 21.9. The smallest absolute Gasteiger partial charge is 0.269 e. The highest BCUT2D eigenvalue weighted by atomic mass is 32.2. The minimum atomic E-state index is -1.23. The summed E-state index contributed by atoms with van der Waals surface area (Å²) in [5, 5.41) is 2.83. The van der Waals surface area contributed by atoms with Crippen molar-refractivity contribution in [3.8, 4) is 5.75 Å². The monoisotopic (exact) mass is 473 g/mol. The van der Waals surface area contributed by atoms with E-state index in [1.165, 1.54) is 16.7 Å². The molecule has 3 amide bonds. The lowest BCUT2D eigenvalue weighted by Crippen LogP contribution is -2.50. The molecule has 34 heavy (non-hydrogen) atoms. The fourth-order valence-corrected chi connectivity index (χ4v) is 5.78. The van der Waals surface area contributed by atoms with Crippen LogP contribution in [0.15, 0.2) is 72.8 Å². The first kappa shape index (κ1) is 22.0. The second-order valence-corrected chi connectivity index (χ2v) is 9.35. The van der Waals surface area contributed by atoms with Crippen LogP contribution in [0.5, 0.6) is 5.75 Å². The van der Waals surface area contributed by atoms with Crippen molar-refractivity contribution in [2.75, 3.05) is 34.5 Å². The van der Waals surface area contributed by atoms with Crippen molar-refractivity contribution in [1.29, 1.82) is 0 Å². The van der Waals surface area contributed by atoms with Gasteiger partial charge in [0.1, 0.15) is 12.3 Å². The number of rotatable bonds is 5. The van der Waals surface area contributed by atoms with Gasteiger partial charge in [-0.2, -0.15) is 0 Å². The van der Waals surface area contributed by atoms with Gasteiger partial charge in [0.05, 0.1) is 18.6 Å². The third-order valence-corrected chi connectivity index (χ3v) is 7.42. The molecule has 1 atom stereocenters. The number of para-hydroxylation sites is 1. The Morgan fingerprint density at radius 1 is 1.03 bits per heavy atom. The van der Waals surface area contributed by atoms with Crippen LogP contribution in [0.25, 0.3) is 0 Å². The largest absolute Gasteiger partial charge is 0.497 e. The molecule has 0 aliphatic carbocycles. The third kappa shape index (κ3) is 3.51. The maximum Gasteiger partial charge on any atom is 0.269 e. The number of anilines is 3. The summed E-state index contributed by atoms with van der Waals surface area (Å²) in [6.07, 6.45) is 0. The molecule has 1 unspecified atom stereocenters. The molecule has 1 fully saturated rings. The number of hydrogen-bond donors (Lipinski definition) is 1. The maximum absolute atomic E-state index is 14.0. The summed E-state index contributed by atoms with van der Waals surface area (Å²) in [4.78, 5) is 41.7. The van der Waals surface area contributed by atoms with Crippen LogP contribution in [0, 0.1) is 6.92 Å². The van der Waals surface area contributed by atoms with Crippen molar-refractivity contribution in [3.63, 3.8) is 0 Å². The Kier molecular flexibility index (Phi) is 5.53. The summed E-state index contributed by atoms with van der Waals surface area (Å²) < 4.78 is 5.15. The number of thioether (sulfide) groups is 1. The van der Waals surface area contributed by atoms with E-state index >= 15 is 0 Å². The second kappa shape index (κ2) is 8.53. The Hall–Kier alpha value is -3.78. The first-order valence-electron chi connectivity index (χ1n) is 10.8. The van der Waals surface area contributed by atoms with Gasteiger partial charge in [0.2, 0.25) is 16.7 Å². The van der Waals surface area contributed by atoms with Crippen LogP contribution in [0.2, 0.25) is 0 Å². The molecular formula is C26H23N3O4S. The molecule has 7 nitrogen and oxygen atoms in total. The standard InChI is InChI=1S/C26H23N3O4S/c1-17-7-11-19(12-8-17)29-24(31)16-34-26(29)21-5-3-4-6-22(21)28(25(26)32)15-23(30)27-18-9-13-20(33-2)14-10-18/h3-14H,15-16H2,1-2H3,(H,27,30). The molecule has 0 radical (unpaired) electrons. The Morgan fingerprint density at radius 3 is 2.44 bits per heavy atom. The SMILES string of the molecule is COc1ccc(NC(=O)CN2C(=O)C3(SCC(=O)N3c3ccc(C)cc3)c3ccccc32)cc1. The molecule has 3 aromatic rings. The van der Waals surface area contributed by atoms with E-state index in [-0.39, 0.29) is 30.0 Å². The normalized spacial score (nSPS) is 19.0. The number of benzene rings is 3. The number of hydrogen-bond acceptors (Lipinski definition) is 5. The second-order valence-electron chi connectivity index (χ2n) is 8.18. The van der Waals surface area contributed by atoms with Gasteiger partial charge in [-0.1, -0.05) is 35.9 Å². The van der Waals surface area contributed by atoms with E-state index in [2.05, 4.69) is 5.32 Å². The minimum Gasteiger partial charge on any atom is -0.497 e. The summed E-state index contributed by atoms with van der Waals surface area (Å²) in [5.74, 6) is 0.0978. The highest BCUT2D eigenvalue weighted by Gasteiger charge is 2.61. The van der Waals surface area contributed by atoms with Gasteiger partial charge in [-0.3, -0.25) is 24.2 Å². The number of fused-ring (bicyclic) bond motifs is 2. The Labute approximate surface area is 201 Å². The number of amides is 3. The lowest BCUT2D eigenvalue weighted by molar-refractivity contribution is -0.124. The van der Waals surface area contributed by atoms with E-state index in [1.807, 2.05) is 55.5 Å². The molecule has 3 aromatic carbocycles. The van der Waals surface area contributed by atoms with Crippen molar-refractivity contribution in [2.24, 2.45) is 0 Å². The lowest BCUT2D eigenvalue weighted by atomic mass is 10.0. The topological polar surface area (TPSA) is 79.0 Å². The van der Waals surface area contributed by atoms with Gasteiger partial charge in [0.25, 0.3) is 5.91 Å². The van der Waals surface area contributed by atoms with Gasteiger partial charge < -0.3 is 10.1 Å². The average molecular weight is 474 g/mol. The van der Waals surface area contributed by atoms with E-state index in [4.69, 9.17) is 4.74 Å². The molecule has 2 heterocycles. The molecule has 2 aliphatic heterocycles. The van der Waals surface area contributed by atoms with Crippen LogP contribution in [-0.4, -0.2) is 37.1 Å². The maximum atomic E-state index is 14.0. The molecule has 2 aliphatic rings. The van der Waals surface area contributed by atoms with E-state index in [1.54, 1.807) is 36.3 Å². The van der Waals surface area contributed by atoms with E-state index < -0.39 is 4.87 Å². The number of ether oxygens (including phenoxy) is 1. The van der Waals surface area contributed by atoms with Gasteiger partial charge in [0.15, 0.2) is 0 Å². The van der Waals surface area contributed by atoms with Crippen LogP contribution >= 0.6 is 11.8 Å². The molecule has 1 saturated heterocycles. The van der Waals surface area contributed by atoms with Gasteiger partial charge in [-0.25, -0.2) is 0 Å². The van der Waals surface area contributed by atoms with Crippen LogP contribution in [0.4, 0.5) is 17.1 Å². The fraction of sp³-hybridized carbons (Fsp3) is 0.192. The number of nitrogens with zero attached hydrogens (tertiary/aromatic N) is 2. The van der Waals surface area contributed by atoms with Crippen LogP contribution in [0.3, 0.4) is 0 Å². The number of aryl methyl sites for hydroxylation is 1. The predicted octanol–water partition coefficient (Wildman–Crippen LogP) is 3.92. The average Bonchev–Trinajstić information content (AvgIpc) is 3.31. The highest BCUT2D eigenvalue weighted by Crippen LogP contribution is 2.55. The van der Waals surface area contributed by atoms with Crippen molar-refractivity contribution >= 4 is 46.5 Å². The number of methoxy groups -OCH3 is 1. The molecular weight excluding hydrogens is 450 g/mol. The zero-order valence-corrected chi connectivity index (χ0v) is 19.6. The summed E-state index contributed by atoms with van der Waals surface area (Å²) in [5.41, 5.74) is 3.68. The van der Waals surface area contributed by atoms with Crippen molar-refractivity contribution in [2.45, 2.75) is 11.8 Å². The summed E-state index contributed by atoms with van der Waals surface area (Å²) in [6.45, 7) is 1.80. The highest BCUT2D eigenvalue weighted by molar-refractivity contribution is 8.02. The van der Waals surface area contributed by atoms with Gasteiger partial charge >= 0.3 is 0 Å². The van der Waals surface area contributed by atoms with E-state index in [9.17, 15) is 14.4 Å². The van der Waals surface area contributed by atoms with Crippen LogP contribution in [0.1, 0.15) is 11.1 Å². The van der Waals surface area contributed by atoms with Crippen molar-refractivity contribution in [1.82, 2.24) is 0 Å². The first-order valence-corrected chi connectivity index (χ1v) is 11.8. The third-order valence-electron chi connectivity index (χ3n) is 6.03. The van der Waals surface area contributed by atoms with Crippen LogP contribution in [-0.2, 0) is 19.3 Å². The van der Waals surface area contributed by atoms with Crippen molar-refractivity contribution < 1.29 is 19.1 Å². The Bertz CT molecular complexity index is 1280. The molecule has 0 aromatic heterocycles. The first-order chi connectivity index (χ1) is 16.4. The molecule has 0 bridgehead atoms. The van der Waals surface area contributed by atoms with Gasteiger partial charge in [0, 0.05) is 16.9 Å². The number of nitrogens with one attached hydrogen (secondary N) is 1. The zero-order chi connectivity index (χ0) is 23.9. The number of carbonyl (C=O) groups excluding carboxylic acids is 3. The molecule has 172 valence electrons. The summed E-state index contributed by atoms with van der Waals surface area (Å²) >= 11 is 1.30.